The van der Waals surface area contributed by atoms with Crippen molar-refractivity contribution >= 4 is 12.0 Å². The highest BCUT2D eigenvalue weighted by Gasteiger charge is 2.38. The summed E-state index contributed by atoms with van der Waals surface area (Å²) in [7, 11) is 1.89. The second kappa shape index (κ2) is 6.37. The van der Waals surface area contributed by atoms with Crippen LogP contribution >= 0.6 is 0 Å². The van der Waals surface area contributed by atoms with Crippen LogP contribution in [0.4, 0.5) is 0 Å². The third-order valence-electron chi connectivity index (χ3n) is 5.03. The van der Waals surface area contributed by atoms with Crippen molar-refractivity contribution in [1.29, 1.82) is 0 Å². The van der Waals surface area contributed by atoms with Crippen LogP contribution in [0.2, 0.25) is 0 Å². The number of aryl methyl sites for hydroxylation is 1. The molecule has 1 fully saturated rings. The highest BCUT2D eigenvalue weighted by molar-refractivity contribution is 5.78. The van der Waals surface area contributed by atoms with E-state index in [2.05, 4.69) is 22.1 Å². The van der Waals surface area contributed by atoms with Crippen molar-refractivity contribution in [2.45, 2.75) is 5.92 Å². The molecule has 25 heavy (non-hydrogen) atoms. The molecular weight excluding hydrogens is 316 g/mol. The van der Waals surface area contributed by atoms with Gasteiger partial charge in [0.15, 0.2) is 0 Å². The second-order valence-electron chi connectivity index (χ2n) is 6.89. The summed E-state index contributed by atoms with van der Waals surface area (Å²) in [4.78, 5) is 14.2. The first-order chi connectivity index (χ1) is 12.1. The van der Waals surface area contributed by atoms with Crippen LogP contribution in [0.15, 0.2) is 42.2 Å². The summed E-state index contributed by atoms with van der Waals surface area (Å²) >= 11 is 0. The van der Waals surface area contributed by atoms with Gasteiger partial charge in [-0.25, -0.2) is 0 Å². The molecular formula is C19H22N4O2. The fourth-order valence-corrected chi connectivity index (χ4v) is 3.81. The van der Waals surface area contributed by atoms with Crippen molar-refractivity contribution in [3.05, 3.63) is 53.4 Å². The van der Waals surface area contributed by atoms with E-state index >= 15 is 0 Å². The molecule has 6 nitrogen and oxygen atoms in total. The average Bonchev–Trinajstić information content (AvgIpc) is 3.21. The summed E-state index contributed by atoms with van der Waals surface area (Å²) in [5.41, 5.74) is 9.06. The monoisotopic (exact) mass is 338 g/mol. The number of carbonyl (C=O) groups is 1. The van der Waals surface area contributed by atoms with E-state index in [1.54, 1.807) is 4.68 Å². The molecule has 3 heterocycles. The molecule has 2 aromatic rings. The Morgan fingerprint density at radius 1 is 1.36 bits per heavy atom. The van der Waals surface area contributed by atoms with E-state index in [1.165, 1.54) is 5.57 Å². The van der Waals surface area contributed by atoms with Crippen LogP contribution in [-0.4, -0.2) is 46.8 Å². The van der Waals surface area contributed by atoms with Gasteiger partial charge in [-0.15, -0.1) is 0 Å². The zero-order valence-electron chi connectivity index (χ0n) is 14.3. The van der Waals surface area contributed by atoms with Gasteiger partial charge in [0, 0.05) is 44.4 Å². The molecule has 0 radical (unpaired) electrons. The smallest absolute Gasteiger partial charge is 0.222 e. The maximum atomic E-state index is 11.9. The number of ether oxygens (including phenoxy) is 1. The number of hydrogen-bond donors (Lipinski definition) is 1. The van der Waals surface area contributed by atoms with Crippen molar-refractivity contribution in [2.75, 3.05) is 26.2 Å². The predicted octanol–water partition coefficient (Wildman–Crippen LogP) is 1.40. The van der Waals surface area contributed by atoms with Gasteiger partial charge in [0.2, 0.25) is 5.91 Å². The minimum Gasteiger partial charge on any atom is -0.489 e. The first kappa shape index (κ1) is 15.9. The van der Waals surface area contributed by atoms with E-state index in [4.69, 9.17) is 10.5 Å². The van der Waals surface area contributed by atoms with Crippen molar-refractivity contribution in [3.63, 3.8) is 0 Å². The van der Waals surface area contributed by atoms with Gasteiger partial charge in [-0.1, -0.05) is 18.2 Å². The standard InChI is InChI=1S/C19H22N4O2/c1-22-9-15(7-21-22)16-10-23(11-17(16)19(20)24)8-13-6-14-4-2-3-5-18(14)25-12-13/h2-7,9,16-17H,8,10-12H2,1H3,(H2,20,24)/t16-,17+/m1/s1. The summed E-state index contributed by atoms with van der Waals surface area (Å²) in [5, 5.41) is 4.24. The maximum absolute atomic E-state index is 11.9. The molecule has 1 aromatic heterocycles. The lowest BCUT2D eigenvalue weighted by atomic mass is 9.90. The van der Waals surface area contributed by atoms with Crippen LogP contribution in [0.5, 0.6) is 5.75 Å². The number of hydrogen-bond acceptors (Lipinski definition) is 4. The Hall–Kier alpha value is -2.60. The molecule has 1 aromatic carbocycles. The first-order valence-corrected chi connectivity index (χ1v) is 8.51. The summed E-state index contributed by atoms with van der Waals surface area (Å²) in [5.74, 6) is 0.608. The van der Waals surface area contributed by atoms with E-state index in [0.29, 0.717) is 13.2 Å². The van der Waals surface area contributed by atoms with E-state index < -0.39 is 0 Å². The lowest BCUT2D eigenvalue weighted by molar-refractivity contribution is -0.121. The largest absolute Gasteiger partial charge is 0.489 e. The van der Waals surface area contributed by atoms with Crippen molar-refractivity contribution in [2.24, 2.45) is 18.7 Å². The highest BCUT2D eigenvalue weighted by Crippen LogP contribution is 2.33. The molecule has 130 valence electrons. The Kier molecular flexibility index (Phi) is 4.05. The van der Waals surface area contributed by atoms with Gasteiger partial charge in [0.25, 0.3) is 0 Å². The first-order valence-electron chi connectivity index (χ1n) is 8.51. The second-order valence-corrected chi connectivity index (χ2v) is 6.89. The number of aromatic nitrogens is 2. The molecule has 2 aliphatic rings. The van der Waals surface area contributed by atoms with Crippen LogP contribution < -0.4 is 10.5 Å². The molecule has 2 atom stereocenters. The van der Waals surface area contributed by atoms with Crippen LogP contribution in [0.25, 0.3) is 6.08 Å². The van der Waals surface area contributed by atoms with Gasteiger partial charge in [0.05, 0.1) is 12.1 Å². The number of nitrogens with zero attached hydrogens (tertiary/aromatic N) is 3. The zero-order chi connectivity index (χ0) is 17.4. The summed E-state index contributed by atoms with van der Waals surface area (Å²) in [6, 6.07) is 8.04. The molecule has 0 bridgehead atoms. The van der Waals surface area contributed by atoms with E-state index in [-0.39, 0.29) is 17.7 Å². The Morgan fingerprint density at radius 3 is 2.96 bits per heavy atom. The number of amides is 1. The van der Waals surface area contributed by atoms with Crippen molar-refractivity contribution < 1.29 is 9.53 Å². The minimum absolute atomic E-state index is 0.101. The van der Waals surface area contributed by atoms with E-state index in [1.807, 2.05) is 37.6 Å². The normalized spacial score (nSPS) is 23.0. The van der Waals surface area contributed by atoms with Gasteiger partial charge in [-0.05, 0) is 23.3 Å². The van der Waals surface area contributed by atoms with Gasteiger partial charge in [0.1, 0.15) is 12.4 Å². The quantitative estimate of drug-likeness (QED) is 0.914. The summed E-state index contributed by atoms with van der Waals surface area (Å²) < 4.78 is 7.60. The molecule has 0 spiro atoms. The molecule has 0 aliphatic carbocycles. The number of nitrogens with two attached hydrogens (primary N) is 1. The number of benzene rings is 1. The number of rotatable bonds is 4. The van der Waals surface area contributed by atoms with Crippen LogP contribution in [0.1, 0.15) is 17.0 Å². The Labute approximate surface area is 146 Å². The number of carbonyl (C=O) groups excluding carboxylic acids is 1. The maximum Gasteiger partial charge on any atom is 0.222 e. The Balaban J connectivity index is 1.51. The van der Waals surface area contributed by atoms with Crippen LogP contribution in [0.3, 0.4) is 0 Å². The van der Waals surface area contributed by atoms with E-state index in [0.717, 1.165) is 30.0 Å². The summed E-state index contributed by atoms with van der Waals surface area (Å²) in [6.45, 7) is 2.85. The van der Waals surface area contributed by atoms with Crippen molar-refractivity contribution in [3.8, 4) is 5.75 Å². The number of fused-ring (bicyclic) bond motifs is 1. The molecule has 1 amide bonds. The molecule has 6 heteroatoms. The topological polar surface area (TPSA) is 73.4 Å². The van der Waals surface area contributed by atoms with Crippen LogP contribution in [-0.2, 0) is 11.8 Å². The Morgan fingerprint density at radius 2 is 2.20 bits per heavy atom. The zero-order valence-corrected chi connectivity index (χ0v) is 14.3. The third-order valence-corrected chi connectivity index (χ3v) is 5.03. The fraction of sp³-hybridized carbons (Fsp3) is 0.368. The minimum atomic E-state index is -0.240. The van der Waals surface area contributed by atoms with Gasteiger partial charge in [-0.3, -0.25) is 14.4 Å². The van der Waals surface area contributed by atoms with Crippen molar-refractivity contribution in [1.82, 2.24) is 14.7 Å². The van der Waals surface area contributed by atoms with Gasteiger partial charge >= 0.3 is 0 Å². The van der Waals surface area contributed by atoms with E-state index in [9.17, 15) is 4.79 Å². The predicted molar refractivity (Wildman–Crippen MR) is 95.0 cm³/mol. The molecule has 2 aliphatic heterocycles. The number of para-hydroxylation sites is 1. The number of primary amides is 1. The third kappa shape index (κ3) is 3.17. The lowest BCUT2D eigenvalue weighted by Crippen LogP contribution is -2.30. The van der Waals surface area contributed by atoms with Gasteiger partial charge in [-0.2, -0.15) is 5.10 Å². The molecule has 0 saturated carbocycles. The highest BCUT2D eigenvalue weighted by atomic mass is 16.5. The average molecular weight is 338 g/mol. The summed E-state index contributed by atoms with van der Waals surface area (Å²) in [6.07, 6.45) is 6.00. The lowest BCUT2D eigenvalue weighted by Gasteiger charge is -2.22. The SMILES string of the molecule is Cn1cc([C@H]2CN(CC3=Cc4ccccc4OC3)C[C@@H]2C(N)=O)cn1. The number of likely N-dealkylation sites (tertiary alicyclic amines) is 1. The van der Waals surface area contributed by atoms with Crippen LogP contribution in [0, 0.1) is 5.92 Å². The molecule has 1 saturated heterocycles. The Bertz CT molecular complexity index is 826. The fourth-order valence-electron chi connectivity index (χ4n) is 3.81. The molecule has 0 unspecified atom stereocenters. The molecule has 4 rings (SSSR count). The van der Waals surface area contributed by atoms with Gasteiger partial charge < -0.3 is 10.5 Å². The molecule has 2 N–H and O–H groups in total.